The standard InChI is InChI=1S/C12H6Br3NO3S/c13-5-3-6(12(18)19)10(7(14)4-5)16-11(17)8-1-2-9(15)20-8/h1-4H,(H,16,17)(H,18,19). The number of carboxylic acid groups (broad SMARTS) is 1. The van der Waals surface area contributed by atoms with E-state index in [4.69, 9.17) is 0 Å². The van der Waals surface area contributed by atoms with Crippen molar-refractivity contribution in [1.29, 1.82) is 0 Å². The van der Waals surface area contributed by atoms with E-state index in [2.05, 4.69) is 53.1 Å². The molecule has 0 aliphatic carbocycles. The Morgan fingerprint density at radius 2 is 1.85 bits per heavy atom. The molecular weight excluding hydrogens is 478 g/mol. The van der Waals surface area contributed by atoms with Gasteiger partial charge >= 0.3 is 5.97 Å². The van der Waals surface area contributed by atoms with E-state index in [0.29, 0.717) is 13.8 Å². The van der Waals surface area contributed by atoms with Crippen molar-refractivity contribution >= 4 is 76.7 Å². The Morgan fingerprint density at radius 3 is 2.40 bits per heavy atom. The number of rotatable bonds is 3. The minimum atomic E-state index is -1.12. The molecule has 0 aliphatic heterocycles. The fourth-order valence-corrected chi connectivity index (χ4v) is 4.09. The molecule has 0 radical (unpaired) electrons. The fraction of sp³-hybridized carbons (Fsp3) is 0. The molecule has 8 heteroatoms. The highest BCUT2D eigenvalue weighted by molar-refractivity contribution is 9.11. The number of hydrogen-bond acceptors (Lipinski definition) is 3. The molecule has 4 nitrogen and oxygen atoms in total. The van der Waals surface area contributed by atoms with Gasteiger partial charge in [-0.15, -0.1) is 11.3 Å². The van der Waals surface area contributed by atoms with E-state index in [9.17, 15) is 14.7 Å². The van der Waals surface area contributed by atoms with Crippen LogP contribution in [0.2, 0.25) is 0 Å². The lowest BCUT2D eigenvalue weighted by atomic mass is 10.2. The van der Waals surface area contributed by atoms with E-state index >= 15 is 0 Å². The highest BCUT2D eigenvalue weighted by atomic mass is 79.9. The van der Waals surface area contributed by atoms with Crippen LogP contribution in [0, 0.1) is 0 Å². The Kier molecular flexibility index (Phi) is 5.00. The smallest absolute Gasteiger partial charge is 0.337 e. The number of nitrogens with one attached hydrogen (secondary N) is 1. The first-order chi connectivity index (χ1) is 9.38. The van der Waals surface area contributed by atoms with Crippen molar-refractivity contribution in [3.63, 3.8) is 0 Å². The summed E-state index contributed by atoms with van der Waals surface area (Å²) in [5, 5.41) is 11.8. The van der Waals surface area contributed by atoms with E-state index in [1.54, 1.807) is 18.2 Å². The maximum Gasteiger partial charge on any atom is 0.337 e. The van der Waals surface area contributed by atoms with E-state index in [1.165, 1.54) is 17.4 Å². The first-order valence-electron chi connectivity index (χ1n) is 5.17. The van der Waals surface area contributed by atoms with Gasteiger partial charge in [0.2, 0.25) is 0 Å². The predicted octanol–water partition coefficient (Wildman–Crippen LogP) is 4.99. The summed E-state index contributed by atoms with van der Waals surface area (Å²) < 4.78 is 1.93. The number of carbonyl (C=O) groups is 2. The SMILES string of the molecule is O=C(Nc1c(Br)cc(Br)cc1C(=O)O)c1ccc(Br)s1. The molecule has 0 spiro atoms. The van der Waals surface area contributed by atoms with Crippen molar-refractivity contribution in [2.75, 3.05) is 5.32 Å². The molecule has 0 saturated carbocycles. The van der Waals surface area contributed by atoms with Gasteiger partial charge in [0, 0.05) is 8.95 Å². The minimum absolute atomic E-state index is 0.00946. The van der Waals surface area contributed by atoms with Crippen LogP contribution in [0.5, 0.6) is 0 Å². The van der Waals surface area contributed by atoms with Gasteiger partial charge < -0.3 is 10.4 Å². The summed E-state index contributed by atoms with van der Waals surface area (Å²) in [5.74, 6) is -1.47. The van der Waals surface area contributed by atoms with Gasteiger partial charge in [-0.1, -0.05) is 15.9 Å². The Bertz CT molecular complexity index is 699. The molecule has 2 N–H and O–H groups in total. The van der Waals surface area contributed by atoms with Gasteiger partial charge in [0.25, 0.3) is 5.91 Å². The van der Waals surface area contributed by atoms with Crippen LogP contribution >= 0.6 is 59.1 Å². The van der Waals surface area contributed by atoms with Crippen LogP contribution in [-0.2, 0) is 0 Å². The first-order valence-corrected chi connectivity index (χ1v) is 8.37. The van der Waals surface area contributed by atoms with Gasteiger partial charge in [0.05, 0.1) is 19.9 Å². The Hall–Kier alpha value is -0.700. The zero-order valence-corrected chi connectivity index (χ0v) is 15.2. The second-order valence-corrected chi connectivity index (χ2v) is 7.91. The van der Waals surface area contributed by atoms with Crippen molar-refractivity contribution in [2.45, 2.75) is 0 Å². The van der Waals surface area contributed by atoms with Gasteiger partial charge in [-0.3, -0.25) is 4.79 Å². The molecule has 20 heavy (non-hydrogen) atoms. The zero-order valence-electron chi connectivity index (χ0n) is 9.62. The van der Waals surface area contributed by atoms with E-state index in [0.717, 1.165) is 3.79 Å². The first kappa shape index (κ1) is 15.7. The van der Waals surface area contributed by atoms with Crippen LogP contribution in [0.4, 0.5) is 5.69 Å². The van der Waals surface area contributed by atoms with Crippen LogP contribution in [0.25, 0.3) is 0 Å². The average molecular weight is 484 g/mol. The molecular formula is C12H6Br3NO3S. The minimum Gasteiger partial charge on any atom is -0.478 e. The van der Waals surface area contributed by atoms with E-state index < -0.39 is 5.97 Å². The van der Waals surface area contributed by atoms with Crippen molar-refractivity contribution in [3.05, 3.63) is 47.4 Å². The molecule has 1 aromatic heterocycles. The summed E-state index contributed by atoms with van der Waals surface area (Å²) in [7, 11) is 0. The average Bonchev–Trinajstić information content (AvgIpc) is 2.78. The van der Waals surface area contributed by atoms with Crippen LogP contribution in [0.3, 0.4) is 0 Å². The second-order valence-electron chi connectivity index (χ2n) is 3.67. The third-order valence-electron chi connectivity index (χ3n) is 2.32. The Morgan fingerprint density at radius 1 is 1.15 bits per heavy atom. The molecule has 0 bridgehead atoms. The third-order valence-corrected chi connectivity index (χ3v) is 5.03. The number of thiophene rings is 1. The van der Waals surface area contributed by atoms with Crippen molar-refractivity contribution in [3.8, 4) is 0 Å². The third kappa shape index (κ3) is 3.49. The van der Waals surface area contributed by atoms with E-state index in [1.807, 2.05) is 0 Å². The number of carbonyl (C=O) groups excluding carboxylic acids is 1. The van der Waals surface area contributed by atoms with Crippen molar-refractivity contribution < 1.29 is 14.7 Å². The van der Waals surface area contributed by atoms with Crippen LogP contribution < -0.4 is 5.32 Å². The number of hydrogen-bond donors (Lipinski definition) is 2. The molecule has 0 unspecified atom stereocenters. The molecule has 0 saturated heterocycles. The van der Waals surface area contributed by atoms with Crippen LogP contribution in [0.1, 0.15) is 20.0 Å². The monoisotopic (exact) mass is 481 g/mol. The quantitative estimate of drug-likeness (QED) is 0.646. The molecule has 0 atom stereocenters. The molecule has 104 valence electrons. The van der Waals surface area contributed by atoms with Gasteiger partial charge in [-0.2, -0.15) is 0 Å². The normalized spacial score (nSPS) is 10.3. The van der Waals surface area contributed by atoms with Crippen molar-refractivity contribution in [1.82, 2.24) is 0 Å². The molecule has 1 amide bonds. The number of halogens is 3. The topological polar surface area (TPSA) is 66.4 Å². The second kappa shape index (κ2) is 6.38. The zero-order chi connectivity index (χ0) is 14.9. The van der Waals surface area contributed by atoms with Gasteiger partial charge in [-0.25, -0.2) is 4.79 Å². The summed E-state index contributed by atoms with van der Waals surface area (Å²) in [4.78, 5) is 23.8. The van der Waals surface area contributed by atoms with Crippen molar-refractivity contribution in [2.24, 2.45) is 0 Å². The predicted molar refractivity (Wildman–Crippen MR) is 88.8 cm³/mol. The molecule has 2 rings (SSSR count). The molecule has 2 aromatic rings. The summed E-state index contributed by atoms with van der Waals surface area (Å²) in [6, 6.07) is 6.53. The van der Waals surface area contributed by atoms with E-state index in [-0.39, 0.29) is 17.2 Å². The highest BCUT2D eigenvalue weighted by Gasteiger charge is 2.18. The molecule has 0 fully saturated rings. The number of benzene rings is 1. The number of anilines is 1. The lowest BCUT2D eigenvalue weighted by Gasteiger charge is -2.10. The maximum absolute atomic E-state index is 12.1. The van der Waals surface area contributed by atoms with Gasteiger partial charge in [0.1, 0.15) is 0 Å². The van der Waals surface area contributed by atoms with Crippen LogP contribution in [0.15, 0.2) is 37.0 Å². The molecule has 1 aromatic carbocycles. The largest absolute Gasteiger partial charge is 0.478 e. The lowest BCUT2D eigenvalue weighted by Crippen LogP contribution is -2.14. The number of amides is 1. The lowest BCUT2D eigenvalue weighted by molar-refractivity contribution is 0.0698. The van der Waals surface area contributed by atoms with Gasteiger partial charge in [-0.05, 0) is 56.1 Å². The molecule has 1 heterocycles. The highest BCUT2D eigenvalue weighted by Crippen LogP contribution is 2.32. The van der Waals surface area contributed by atoms with Crippen LogP contribution in [-0.4, -0.2) is 17.0 Å². The Labute approximate surface area is 143 Å². The Balaban J connectivity index is 2.38. The summed E-state index contributed by atoms with van der Waals surface area (Å²) >= 11 is 11.0. The summed E-state index contributed by atoms with van der Waals surface area (Å²) in [6.45, 7) is 0. The van der Waals surface area contributed by atoms with Gasteiger partial charge in [0.15, 0.2) is 0 Å². The number of carboxylic acids is 1. The number of aromatic carboxylic acids is 1. The summed E-state index contributed by atoms with van der Waals surface area (Å²) in [6.07, 6.45) is 0. The maximum atomic E-state index is 12.1. The molecule has 0 aliphatic rings. The summed E-state index contributed by atoms with van der Waals surface area (Å²) in [5.41, 5.74) is 0.241. The fourth-order valence-electron chi connectivity index (χ4n) is 1.48.